The number of benzene rings is 1. The van der Waals surface area contributed by atoms with Gasteiger partial charge in [0.05, 0.1) is 6.54 Å². The summed E-state index contributed by atoms with van der Waals surface area (Å²) in [7, 11) is 0. The number of hydrogen-bond acceptors (Lipinski definition) is 4. The summed E-state index contributed by atoms with van der Waals surface area (Å²) in [5.74, 6) is -1.30. The standard InChI is InChI=1S/C13H8BrCl2NO4/c14-7-1-2-10-6(3-7)4-8(13(20)21-10)9(18)5-17-12(19)11(15)16/h1-4,11H,5H2,(H,17,19). The van der Waals surface area contributed by atoms with E-state index in [2.05, 4.69) is 21.2 Å². The van der Waals surface area contributed by atoms with Crippen LogP contribution >= 0.6 is 39.1 Å². The van der Waals surface area contributed by atoms with E-state index in [0.717, 1.165) is 4.47 Å². The third kappa shape index (κ3) is 3.84. The van der Waals surface area contributed by atoms with E-state index in [9.17, 15) is 14.4 Å². The first-order valence-corrected chi connectivity index (χ1v) is 7.37. The smallest absolute Gasteiger partial charge is 0.347 e. The van der Waals surface area contributed by atoms with E-state index >= 15 is 0 Å². The first kappa shape index (κ1) is 16.0. The fourth-order valence-electron chi connectivity index (χ4n) is 1.63. The van der Waals surface area contributed by atoms with Gasteiger partial charge >= 0.3 is 5.63 Å². The summed E-state index contributed by atoms with van der Waals surface area (Å²) in [4.78, 5) is 33.6. The van der Waals surface area contributed by atoms with Crippen LogP contribution in [0.15, 0.2) is 37.9 Å². The third-order valence-corrected chi connectivity index (χ3v) is 3.51. The maximum absolute atomic E-state index is 11.9. The largest absolute Gasteiger partial charge is 0.422 e. The molecule has 1 amide bonds. The second-order valence-electron chi connectivity index (χ2n) is 4.07. The fourth-order valence-corrected chi connectivity index (χ4v) is 2.16. The van der Waals surface area contributed by atoms with Crippen molar-refractivity contribution in [2.45, 2.75) is 4.84 Å². The highest BCUT2D eigenvalue weighted by Gasteiger charge is 2.17. The molecule has 0 radical (unpaired) electrons. The van der Waals surface area contributed by atoms with Crippen LogP contribution in [0.25, 0.3) is 11.0 Å². The Morgan fingerprint density at radius 2 is 2.00 bits per heavy atom. The van der Waals surface area contributed by atoms with E-state index in [-0.39, 0.29) is 12.1 Å². The lowest BCUT2D eigenvalue weighted by atomic mass is 10.1. The molecule has 8 heteroatoms. The van der Waals surface area contributed by atoms with Gasteiger partial charge in [-0.05, 0) is 24.3 Å². The molecule has 2 aromatic rings. The van der Waals surface area contributed by atoms with Crippen molar-refractivity contribution in [3.63, 3.8) is 0 Å². The maximum Gasteiger partial charge on any atom is 0.347 e. The molecule has 1 aromatic carbocycles. The molecule has 0 fully saturated rings. The first-order chi connectivity index (χ1) is 9.88. The number of rotatable bonds is 4. The summed E-state index contributed by atoms with van der Waals surface area (Å²) in [5.41, 5.74) is -0.552. The molecule has 0 aliphatic carbocycles. The predicted molar refractivity (Wildman–Crippen MR) is 83.0 cm³/mol. The van der Waals surface area contributed by atoms with Crippen molar-refractivity contribution < 1.29 is 14.0 Å². The normalized spacial score (nSPS) is 10.9. The van der Waals surface area contributed by atoms with E-state index < -0.39 is 22.2 Å². The van der Waals surface area contributed by atoms with Gasteiger partial charge in [-0.15, -0.1) is 0 Å². The molecular formula is C13H8BrCl2NO4. The highest BCUT2D eigenvalue weighted by molar-refractivity contribution is 9.10. The topological polar surface area (TPSA) is 76.4 Å². The minimum atomic E-state index is -1.28. The number of Topliss-reactive ketones (excluding diaryl/α,β-unsaturated/α-hetero) is 1. The minimum absolute atomic E-state index is 0.151. The molecule has 0 saturated heterocycles. The average molecular weight is 393 g/mol. The predicted octanol–water partition coefficient (Wildman–Crippen LogP) is 2.66. The zero-order valence-corrected chi connectivity index (χ0v) is 13.5. The maximum atomic E-state index is 11.9. The lowest BCUT2D eigenvalue weighted by Gasteiger charge is -2.05. The van der Waals surface area contributed by atoms with E-state index in [0.29, 0.717) is 11.0 Å². The number of ketones is 1. The number of carbonyl (C=O) groups excluding carboxylic acids is 2. The second kappa shape index (κ2) is 6.60. The number of nitrogens with one attached hydrogen (secondary N) is 1. The van der Waals surface area contributed by atoms with Crippen molar-refractivity contribution >= 4 is 61.8 Å². The van der Waals surface area contributed by atoms with Gasteiger partial charge in [0.25, 0.3) is 5.91 Å². The Balaban J connectivity index is 2.28. The first-order valence-electron chi connectivity index (χ1n) is 5.71. The minimum Gasteiger partial charge on any atom is -0.422 e. The molecule has 0 atom stereocenters. The van der Waals surface area contributed by atoms with Crippen LogP contribution in [0.5, 0.6) is 0 Å². The Morgan fingerprint density at radius 1 is 1.29 bits per heavy atom. The zero-order valence-electron chi connectivity index (χ0n) is 10.4. The SMILES string of the molecule is O=C(CNC(=O)C(Cl)Cl)c1cc2cc(Br)ccc2oc1=O. The molecule has 1 N–H and O–H groups in total. The fraction of sp³-hybridized carbons (Fsp3) is 0.154. The zero-order chi connectivity index (χ0) is 15.6. The molecule has 0 aliphatic heterocycles. The second-order valence-corrected chi connectivity index (χ2v) is 6.08. The van der Waals surface area contributed by atoms with Gasteiger partial charge in [0.1, 0.15) is 11.1 Å². The van der Waals surface area contributed by atoms with Crippen LogP contribution in [0, 0.1) is 0 Å². The molecule has 0 spiro atoms. The van der Waals surface area contributed by atoms with Crippen LogP contribution in [0.1, 0.15) is 10.4 Å². The van der Waals surface area contributed by atoms with Crippen LogP contribution in [-0.2, 0) is 4.79 Å². The molecule has 0 saturated carbocycles. The van der Waals surface area contributed by atoms with Crippen molar-refractivity contribution in [3.05, 3.63) is 44.7 Å². The number of alkyl halides is 2. The number of hydrogen-bond donors (Lipinski definition) is 1. The summed E-state index contributed by atoms with van der Waals surface area (Å²) in [6.07, 6.45) is 0. The van der Waals surface area contributed by atoms with Crippen LogP contribution < -0.4 is 10.9 Å². The van der Waals surface area contributed by atoms with Gasteiger partial charge in [0.2, 0.25) is 0 Å². The van der Waals surface area contributed by atoms with Gasteiger partial charge in [-0.25, -0.2) is 4.79 Å². The molecule has 1 heterocycles. The lowest BCUT2D eigenvalue weighted by Crippen LogP contribution is -2.34. The summed E-state index contributed by atoms with van der Waals surface area (Å²) < 4.78 is 5.84. The van der Waals surface area contributed by atoms with Gasteiger partial charge in [-0.1, -0.05) is 39.1 Å². The Hall–Kier alpha value is -1.37. The highest BCUT2D eigenvalue weighted by atomic mass is 79.9. The van der Waals surface area contributed by atoms with Crippen LogP contribution in [0.4, 0.5) is 0 Å². The van der Waals surface area contributed by atoms with Crippen LogP contribution in [0.2, 0.25) is 0 Å². The quantitative estimate of drug-likeness (QED) is 0.493. The van der Waals surface area contributed by atoms with Crippen molar-refractivity contribution in [1.82, 2.24) is 5.32 Å². The van der Waals surface area contributed by atoms with Crippen molar-refractivity contribution in [2.75, 3.05) is 6.54 Å². The Morgan fingerprint density at radius 3 is 2.67 bits per heavy atom. The number of fused-ring (bicyclic) bond motifs is 1. The monoisotopic (exact) mass is 391 g/mol. The Bertz CT molecular complexity index is 772. The lowest BCUT2D eigenvalue weighted by molar-refractivity contribution is -0.119. The summed E-state index contributed by atoms with van der Waals surface area (Å²) in [6.45, 7) is -0.390. The van der Waals surface area contributed by atoms with E-state index in [4.69, 9.17) is 27.6 Å². The van der Waals surface area contributed by atoms with Crippen molar-refractivity contribution in [2.24, 2.45) is 0 Å². The Kier molecular flexibility index (Phi) is 5.03. The van der Waals surface area contributed by atoms with Gasteiger partial charge < -0.3 is 9.73 Å². The van der Waals surface area contributed by atoms with E-state index in [1.807, 2.05) is 0 Å². The molecule has 110 valence electrons. The van der Waals surface area contributed by atoms with Crippen molar-refractivity contribution in [3.8, 4) is 0 Å². The molecule has 21 heavy (non-hydrogen) atoms. The number of amides is 1. The molecule has 0 bridgehead atoms. The number of carbonyl (C=O) groups is 2. The highest BCUT2D eigenvalue weighted by Crippen LogP contribution is 2.19. The van der Waals surface area contributed by atoms with Gasteiger partial charge in [-0.2, -0.15) is 0 Å². The molecular weight excluding hydrogens is 385 g/mol. The number of halogens is 3. The van der Waals surface area contributed by atoms with E-state index in [1.54, 1.807) is 18.2 Å². The van der Waals surface area contributed by atoms with Crippen LogP contribution in [-0.4, -0.2) is 23.1 Å². The van der Waals surface area contributed by atoms with Gasteiger partial charge in [-0.3, -0.25) is 9.59 Å². The van der Waals surface area contributed by atoms with Gasteiger partial charge in [0.15, 0.2) is 10.6 Å². The van der Waals surface area contributed by atoms with Gasteiger partial charge in [0, 0.05) is 9.86 Å². The van der Waals surface area contributed by atoms with Crippen molar-refractivity contribution in [1.29, 1.82) is 0 Å². The molecule has 0 aliphatic rings. The Labute approximate surface area is 137 Å². The molecule has 0 unspecified atom stereocenters. The summed E-state index contributed by atoms with van der Waals surface area (Å²) in [5, 5.41) is 2.81. The van der Waals surface area contributed by atoms with Crippen LogP contribution in [0.3, 0.4) is 0 Å². The third-order valence-electron chi connectivity index (χ3n) is 2.62. The average Bonchev–Trinajstić information content (AvgIpc) is 2.43. The summed E-state index contributed by atoms with van der Waals surface area (Å²) >= 11 is 14.0. The summed E-state index contributed by atoms with van der Waals surface area (Å²) in [6, 6.07) is 6.46. The molecule has 5 nitrogen and oxygen atoms in total. The molecule has 2 rings (SSSR count). The molecule has 1 aromatic heterocycles. The van der Waals surface area contributed by atoms with E-state index in [1.165, 1.54) is 6.07 Å².